The SMILES string of the molecule is CCCCN(CCCC)c1ccc(/C=C/C=C/CCc2cccs2)c(OC)c1. The van der Waals surface area contributed by atoms with Crippen LogP contribution in [0, 0.1) is 0 Å². The Morgan fingerprint density at radius 3 is 2.46 bits per heavy atom. The molecule has 0 aliphatic heterocycles. The van der Waals surface area contributed by atoms with Gasteiger partial charge < -0.3 is 9.64 Å². The second kappa shape index (κ2) is 13.2. The van der Waals surface area contributed by atoms with E-state index >= 15 is 0 Å². The number of allylic oxidation sites excluding steroid dienone is 3. The zero-order valence-corrected chi connectivity index (χ0v) is 18.5. The maximum atomic E-state index is 5.67. The van der Waals surface area contributed by atoms with Crippen LogP contribution >= 0.6 is 11.3 Å². The van der Waals surface area contributed by atoms with E-state index in [-0.39, 0.29) is 0 Å². The molecule has 2 rings (SSSR count). The molecule has 0 bridgehead atoms. The monoisotopic (exact) mass is 397 g/mol. The average Bonchev–Trinajstić information content (AvgIpc) is 3.24. The van der Waals surface area contributed by atoms with E-state index < -0.39 is 0 Å². The van der Waals surface area contributed by atoms with Gasteiger partial charge in [-0.3, -0.25) is 0 Å². The molecule has 0 atom stereocenters. The van der Waals surface area contributed by atoms with Crippen molar-refractivity contribution in [1.29, 1.82) is 0 Å². The van der Waals surface area contributed by atoms with Crippen LogP contribution in [0.25, 0.3) is 6.08 Å². The highest BCUT2D eigenvalue weighted by atomic mass is 32.1. The minimum atomic E-state index is 0.943. The molecule has 0 saturated heterocycles. The van der Waals surface area contributed by atoms with E-state index in [4.69, 9.17) is 4.74 Å². The van der Waals surface area contributed by atoms with Crippen molar-refractivity contribution in [2.24, 2.45) is 0 Å². The number of benzene rings is 1. The molecule has 1 aromatic heterocycles. The number of ether oxygens (including phenoxy) is 1. The summed E-state index contributed by atoms with van der Waals surface area (Å²) in [6, 6.07) is 10.9. The summed E-state index contributed by atoms with van der Waals surface area (Å²) in [5, 5.41) is 2.14. The first kappa shape index (κ1) is 22.3. The molecular weight excluding hydrogens is 362 g/mol. The standard InChI is InChI=1S/C25H35NOS/c1-4-6-18-26(19-7-5-2)23-17-16-22(25(21-23)27-3)13-10-8-9-11-14-24-15-12-20-28-24/h8-10,12-13,15-17,20-21H,4-7,11,14,18-19H2,1-3H3/b9-8+,13-10+. The topological polar surface area (TPSA) is 12.5 Å². The first-order valence-electron chi connectivity index (χ1n) is 10.6. The highest BCUT2D eigenvalue weighted by molar-refractivity contribution is 7.09. The minimum absolute atomic E-state index is 0.943. The number of hydrogen-bond acceptors (Lipinski definition) is 3. The lowest BCUT2D eigenvalue weighted by Gasteiger charge is -2.25. The molecule has 0 saturated carbocycles. The van der Waals surface area contributed by atoms with E-state index in [0.717, 1.165) is 37.2 Å². The zero-order chi connectivity index (χ0) is 20.0. The Morgan fingerprint density at radius 1 is 1.04 bits per heavy atom. The summed E-state index contributed by atoms with van der Waals surface area (Å²) in [4.78, 5) is 3.94. The van der Waals surface area contributed by atoms with Gasteiger partial charge >= 0.3 is 0 Å². The van der Waals surface area contributed by atoms with Gasteiger partial charge in [-0.15, -0.1) is 11.3 Å². The van der Waals surface area contributed by atoms with E-state index in [1.54, 1.807) is 7.11 Å². The average molecular weight is 398 g/mol. The summed E-state index contributed by atoms with van der Waals surface area (Å²) >= 11 is 1.83. The van der Waals surface area contributed by atoms with Gasteiger partial charge in [0.1, 0.15) is 5.75 Å². The van der Waals surface area contributed by atoms with Crippen LogP contribution in [0.2, 0.25) is 0 Å². The lowest BCUT2D eigenvalue weighted by molar-refractivity contribution is 0.414. The van der Waals surface area contributed by atoms with Crippen LogP contribution in [0.5, 0.6) is 5.75 Å². The number of hydrogen-bond donors (Lipinski definition) is 0. The van der Waals surface area contributed by atoms with Gasteiger partial charge in [-0.1, -0.05) is 57.1 Å². The highest BCUT2D eigenvalue weighted by Gasteiger charge is 2.09. The lowest BCUT2D eigenvalue weighted by atomic mass is 10.1. The van der Waals surface area contributed by atoms with Crippen molar-refractivity contribution in [2.75, 3.05) is 25.1 Å². The smallest absolute Gasteiger partial charge is 0.128 e. The van der Waals surface area contributed by atoms with E-state index in [9.17, 15) is 0 Å². The highest BCUT2D eigenvalue weighted by Crippen LogP contribution is 2.27. The summed E-state index contributed by atoms with van der Waals surface area (Å²) in [5.41, 5.74) is 2.39. The molecule has 0 aliphatic carbocycles. The summed E-state index contributed by atoms with van der Waals surface area (Å²) < 4.78 is 5.67. The third kappa shape index (κ3) is 7.55. The number of methoxy groups -OCH3 is 1. The van der Waals surface area contributed by atoms with Gasteiger partial charge in [-0.2, -0.15) is 0 Å². The minimum Gasteiger partial charge on any atom is -0.496 e. The van der Waals surface area contributed by atoms with E-state index in [0.29, 0.717) is 0 Å². The van der Waals surface area contributed by atoms with Crippen molar-refractivity contribution < 1.29 is 4.74 Å². The maximum Gasteiger partial charge on any atom is 0.128 e. The van der Waals surface area contributed by atoms with Crippen LogP contribution in [0.15, 0.2) is 53.9 Å². The number of unbranched alkanes of at least 4 members (excludes halogenated alkanes) is 2. The van der Waals surface area contributed by atoms with Crippen LogP contribution in [0.1, 0.15) is 56.4 Å². The van der Waals surface area contributed by atoms with Crippen molar-refractivity contribution in [1.82, 2.24) is 0 Å². The molecule has 0 spiro atoms. The van der Waals surface area contributed by atoms with Gasteiger partial charge in [0.15, 0.2) is 0 Å². The number of anilines is 1. The molecular formula is C25H35NOS. The lowest BCUT2D eigenvalue weighted by Crippen LogP contribution is -2.25. The number of nitrogens with zero attached hydrogens (tertiary/aromatic N) is 1. The molecule has 2 aromatic rings. The largest absolute Gasteiger partial charge is 0.496 e. The second-order valence-electron chi connectivity index (χ2n) is 7.03. The summed E-state index contributed by atoms with van der Waals surface area (Å²) in [5.74, 6) is 0.943. The molecule has 0 radical (unpaired) electrons. The maximum absolute atomic E-state index is 5.67. The molecule has 0 unspecified atom stereocenters. The van der Waals surface area contributed by atoms with Gasteiger partial charge in [0, 0.05) is 35.3 Å². The fourth-order valence-electron chi connectivity index (χ4n) is 3.12. The van der Waals surface area contributed by atoms with Crippen LogP contribution in [0.3, 0.4) is 0 Å². The molecule has 1 aromatic carbocycles. The Bertz CT molecular complexity index is 710. The molecule has 152 valence electrons. The Kier molecular flexibility index (Phi) is 10.5. The van der Waals surface area contributed by atoms with Crippen LogP contribution in [-0.4, -0.2) is 20.2 Å². The fraction of sp³-hybridized carbons (Fsp3) is 0.440. The second-order valence-corrected chi connectivity index (χ2v) is 8.06. The van der Waals surface area contributed by atoms with Crippen molar-refractivity contribution >= 4 is 23.1 Å². The van der Waals surface area contributed by atoms with Gasteiger partial charge in [0.05, 0.1) is 7.11 Å². The summed E-state index contributed by atoms with van der Waals surface area (Å²) in [6.07, 6.45) is 15.7. The number of rotatable bonds is 13. The van der Waals surface area contributed by atoms with E-state index in [1.807, 2.05) is 11.3 Å². The normalized spacial score (nSPS) is 11.5. The molecule has 0 aliphatic rings. The molecule has 2 nitrogen and oxygen atoms in total. The Balaban J connectivity index is 1.98. The molecule has 0 fully saturated rings. The van der Waals surface area contributed by atoms with E-state index in [2.05, 4.69) is 78.8 Å². The van der Waals surface area contributed by atoms with Crippen molar-refractivity contribution in [3.63, 3.8) is 0 Å². The summed E-state index contributed by atoms with van der Waals surface area (Å²) in [7, 11) is 1.76. The van der Waals surface area contributed by atoms with Gasteiger partial charge in [-0.25, -0.2) is 0 Å². The van der Waals surface area contributed by atoms with Gasteiger partial charge in [-0.05, 0) is 49.3 Å². The van der Waals surface area contributed by atoms with Crippen LogP contribution in [0.4, 0.5) is 5.69 Å². The Labute approximate surface area is 175 Å². The first-order valence-corrected chi connectivity index (χ1v) is 11.4. The third-order valence-corrected chi connectivity index (χ3v) is 5.74. The molecule has 3 heteroatoms. The number of thiophene rings is 1. The predicted octanol–water partition coefficient (Wildman–Crippen LogP) is 7.37. The quantitative estimate of drug-likeness (QED) is 0.327. The zero-order valence-electron chi connectivity index (χ0n) is 17.7. The predicted molar refractivity (Wildman–Crippen MR) is 126 cm³/mol. The molecule has 0 N–H and O–H groups in total. The van der Waals surface area contributed by atoms with Gasteiger partial charge in [0.2, 0.25) is 0 Å². The van der Waals surface area contributed by atoms with Gasteiger partial charge in [0.25, 0.3) is 0 Å². The Hall–Kier alpha value is -2.00. The van der Waals surface area contributed by atoms with Crippen LogP contribution < -0.4 is 9.64 Å². The van der Waals surface area contributed by atoms with E-state index in [1.165, 1.54) is 36.2 Å². The van der Waals surface area contributed by atoms with Crippen molar-refractivity contribution in [2.45, 2.75) is 52.4 Å². The molecule has 28 heavy (non-hydrogen) atoms. The van der Waals surface area contributed by atoms with Crippen molar-refractivity contribution in [3.8, 4) is 5.75 Å². The fourth-order valence-corrected chi connectivity index (χ4v) is 3.84. The summed E-state index contributed by atoms with van der Waals surface area (Å²) in [6.45, 7) is 6.73. The number of aryl methyl sites for hydroxylation is 1. The third-order valence-electron chi connectivity index (χ3n) is 4.81. The molecule has 0 amide bonds. The first-order chi connectivity index (χ1) is 13.8. The Morgan fingerprint density at radius 2 is 1.82 bits per heavy atom. The van der Waals surface area contributed by atoms with Crippen molar-refractivity contribution in [3.05, 3.63) is 64.4 Å². The van der Waals surface area contributed by atoms with Crippen LogP contribution in [-0.2, 0) is 6.42 Å². The molecule has 1 heterocycles.